The highest BCUT2D eigenvalue weighted by molar-refractivity contribution is 9.10. The van der Waals surface area contributed by atoms with Gasteiger partial charge < -0.3 is 9.64 Å². The third kappa shape index (κ3) is 4.29. The number of halogens is 1. The number of carbonyl (C=O) groups excluding carboxylic acids is 1. The minimum Gasteiger partial charge on any atom is -0.439 e. The Morgan fingerprint density at radius 1 is 1.55 bits per heavy atom. The van der Waals surface area contributed by atoms with Gasteiger partial charge in [0, 0.05) is 17.3 Å². The van der Waals surface area contributed by atoms with Gasteiger partial charge >= 0.3 is 6.09 Å². The van der Waals surface area contributed by atoms with Gasteiger partial charge in [0.2, 0.25) is 0 Å². The number of nitrogens with zero attached hydrogens (tertiary/aromatic N) is 1. The van der Waals surface area contributed by atoms with Gasteiger partial charge in [0.15, 0.2) is 11.1 Å². The van der Waals surface area contributed by atoms with Crippen molar-refractivity contribution in [3.8, 4) is 0 Å². The van der Waals surface area contributed by atoms with Crippen molar-refractivity contribution in [2.75, 3.05) is 26.0 Å². The molecule has 1 saturated heterocycles. The summed E-state index contributed by atoms with van der Waals surface area (Å²) in [5, 5.41) is 0. The van der Waals surface area contributed by atoms with Crippen LogP contribution in [0.3, 0.4) is 0 Å². The summed E-state index contributed by atoms with van der Waals surface area (Å²) in [6.07, 6.45) is 1.57. The molecule has 1 aliphatic rings. The molecular weight excluding hydrogens is 346 g/mol. The van der Waals surface area contributed by atoms with E-state index in [1.807, 2.05) is 24.3 Å². The molecule has 0 spiro atoms. The Labute approximate surface area is 129 Å². The Morgan fingerprint density at radius 2 is 2.35 bits per heavy atom. The van der Waals surface area contributed by atoms with E-state index in [1.165, 1.54) is 6.26 Å². The van der Waals surface area contributed by atoms with Gasteiger partial charge in [0.1, 0.15) is 6.10 Å². The number of carbonyl (C=O) groups is 1. The molecule has 2 rings (SSSR count). The second-order valence-corrected chi connectivity index (χ2v) is 6.40. The van der Waals surface area contributed by atoms with Crippen LogP contribution in [0.4, 0.5) is 4.79 Å². The third-order valence-corrected chi connectivity index (χ3v) is 3.92. The van der Waals surface area contributed by atoms with E-state index >= 15 is 0 Å². The molecular formula is C13H16BrNO4S. The summed E-state index contributed by atoms with van der Waals surface area (Å²) >= 11 is 2.15. The van der Waals surface area contributed by atoms with Gasteiger partial charge in [0.25, 0.3) is 0 Å². The molecule has 5 nitrogen and oxygen atoms in total. The average Bonchev–Trinajstić information content (AvgIpc) is 2.76. The zero-order valence-electron chi connectivity index (χ0n) is 11.1. The zero-order valence-corrected chi connectivity index (χ0v) is 13.5. The summed E-state index contributed by atoms with van der Waals surface area (Å²) in [6, 6.07) is 7.74. The highest BCUT2D eigenvalue weighted by Crippen LogP contribution is 2.27. The largest absolute Gasteiger partial charge is 0.439 e. The van der Waals surface area contributed by atoms with E-state index in [-0.39, 0.29) is 12.2 Å². The lowest BCUT2D eigenvalue weighted by atomic mass is 10.1. The standard InChI is InChI=1S/C13H16BrNO4S/c1-20(17)18-7-3-6-15-9-12(19-13(15)16)10-4-2-5-11(14)8-10/h2,4-5,8,12H,3,6-7,9H2,1H3. The van der Waals surface area contributed by atoms with Crippen LogP contribution in [0.5, 0.6) is 0 Å². The van der Waals surface area contributed by atoms with Crippen LogP contribution in [0.2, 0.25) is 0 Å². The Morgan fingerprint density at radius 3 is 3.05 bits per heavy atom. The number of amides is 1. The summed E-state index contributed by atoms with van der Waals surface area (Å²) in [5.74, 6) is 0. The van der Waals surface area contributed by atoms with Gasteiger partial charge in [-0.1, -0.05) is 28.1 Å². The molecule has 1 fully saturated rings. The first kappa shape index (κ1) is 15.5. The predicted octanol–water partition coefficient (Wildman–Crippen LogP) is 2.64. The Kier molecular flexibility index (Phi) is 5.56. The smallest absolute Gasteiger partial charge is 0.410 e. The Balaban J connectivity index is 1.86. The van der Waals surface area contributed by atoms with Gasteiger partial charge in [0.05, 0.1) is 13.2 Å². The third-order valence-electron chi connectivity index (χ3n) is 2.93. The minimum absolute atomic E-state index is 0.235. The van der Waals surface area contributed by atoms with Crippen LogP contribution in [-0.2, 0) is 20.0 Å². The lowest BCUT2D eigenvalue weighted by molar-refractivity contribution is 0.132. The second kappa shape index (κ2) is 7.19. The van der Waals surface area contributed by atoms with Crippen LogP contribution >= 0.6 is 15.9 Å². The Bertz CT molecular complexity index is 511. The first-order valence-electron chi connectivity index (χ1n) is 6.24. The zero-order chi connectivity index (χ0) is 14.5. The highest BCUT2D eigenvalue weighted by atomic mass is 79.9. The summed E-state index contributed by atoms with van der Waals surface area (Å²) in [7, 11) is 0. The molecule has 1 amide bonds. The van der Waals surface area contributed by atoms with Crippen molar-refractivity contribution in [2.45, 2.75) is 12.5 Å². The molecule has 0 bridgehead atoms. The lowest BCUT2D eigenvalue weighted by Crippen LogP contribution is -2.26. The SMILES string of the molecule is CS(=O)OCCCN1CC(c2cccc(Br)c2)OC1=O. The van der Waals surface area contributed by atoms with Crippen LogP contribution in [-0.4, -0.2) is 41.2 Å². The van der Waals surface area contributed by atoms with Crippen LogP contribution in [0.25, 0.3) is 0 Å². The van der Waals surface area contributed by atoms with Crippen LogP contribution in [0.1, 0.15) is 18.1 Å². The molecule has 1 aliphatic heterocycles. The van der Waals surface area contributed by atoms with Crippen molar-refractivity contribution in [1.29, 1.82) is 0 Å². The van der Waals surface area contributed by atoms with E-state index in [2.05, 4.69) is 15.9 Å². The molecule has 7 heteroatoms. The number of rotatable bonds is 6. The molecule has 0 aromatic heterocycles. The van der Waals surface area contributed by atoms with Gasteiger partial charge in [-0.2, -0.15) is 0 Å². The van der Waals surface area contributed by atoms with Crippen molar-refractivity contribution in [1.82, 2.24) is 4.90 Å². The molecule has 0 aliphatic carbocycles. The van der Waals surface area contributed by atoms with Crippen molar-refractivity contribution in [3.05, 3.63) is 34.3 Å². The first-order chi connectivity index (χ1) is 9.56. The number of hydrogen-bond acceptors (Lipinski definition) is 4. The molecule has 1 aromatic carbocycles. The molecule has 0 N–H and O–H groups in total. The van der Waals surface area contributed by atoms with Crippen molar-refractivity contribution in [3.63, 3.8) is 0 Å². The predicted molar refractivity (Wildman–Crippen MR) is 79.6 cm³/mol. The first-order valence-corrected chi connectivity index (χ1v) is 8.51. The maximum atomic E-state index is 11.8. The molecule has 1 aromatic rings. The number of ether oxygens (including phenoxy) is 1. The normalized spacial score (nSPS) is 20.0. The minimum atomic E-state index is -1.26. The van der Waals surface area contributed by atoms with E-state index < -0.39 is 11.1 Å². The van der Waals surface area contributed by atoms with E-state index in [9.17, 15) is 9.00 Å². The number of cyclic esters (lactones) is 1. The monoisotopic (exact) mass is 361 g/mol. The van der Waals surface area contributed by atoms with Crippen LogP contribution in [0.15, 0.2) is 28.7 Å². The fourth-order valence-corrected chi connectivity index (χ4v) is 2.77. The topological polar surface area (TPSA) is 55.8 Å². The van der Waals surface area contributed by atoms with Crippen molar-refractivity contribution < 1.29 is 17.9 Å². The Hall–Kier alpha value is -0.920. The molecule has 110 valence electrons. The van der Waals surface area contributed by atoms with E-state index in [0.717, 1.165) is 10.0 Å². The summed E-state index contributed by atoms with van der Waals surface area (Å²) < 4.78 is 22.0. The number of benzene rings is 1. The van der Waals surface area contributed by atoms with Gasteiger partial charge in [-0.3, -0.25) is 4.18 Å². The number of hydrogen-bond donors (Lipinski definition) is 0. The second-order valence-electron chi connectivity index (χ2n) is 4.45. The maximum Gasteiger partial charge on any atom is 0.410 e. The lowest BCUT2D eigenvalue weighted by Gasteiger charge is -2.12. The quantitative estimate of drug-likeness (QED) is 0.730. The fourth-order valence-electron chi connectivity index (χ4n) is 2.00. The van der Waals surface area contributed by atoms with Crippen molar-refractivity contribution in [2.24, 2.45) is 0 Å². The van der Waals surface area contributed by atoms with Gasteiger partial charge in [-0.05, 0) is 24.1 Å². The van der Waals surface area contributed by atoms with E-state index in [4.69, 9.17) is 8.92 Å². The van der Waals surface area contributed by atoms with Gasteiger partial charge in [-0.25, -0.2) is 9.00 Å². The molecule has 0 radical (unpaired) electrons. The summed E-state index contributed by atoms with van der Waals surface area (Å²) in [4.78, 5) is 13.4. The molecule has 20 heavy (non-hydrogen) atoms. The molecule has 0 saturated carbocycles. The van der Waals surface area contributed by atoms with E-state index in [1.54, 1.807) is 4.90 Å². The average molecular weight is 362 g/mol. The fraction of sp³-hybridized carbons (Fsp3) is 0.462. The maximum absolute atomic E-state index is 11.8. The molecule has 1 heterocycles. The molecule has 2 unspecified atom stereocenters. The van der Waals surface area contributed by atoms with Crippen LogP contribution in [0, 0.1) is 0 Å². The van der Waals surface area contributed by atoms with Crippen molar-refractivity contribution >= 4 is 33.1 Å². The summed E-state index contributed by atoms with van der Waals surface area (Å²) in [6.45, 7) is 1.44. The van der Waals surface area contributed by atoms with Gasteiger partial charge in [-0.15, -0.1) is 0 Å². The highest BCUT2D eigenvalue weighted by Gasteiger charge is 2.31. The van der Waals surface area contributed by atoms with Crippen LogP contribution < -0.4 is 0 Å². The van der Waals surface area contributed by atoms with E-state index in [0.29, 0.717) is 26.1 Å². The molecule has 2 atom stereocenters. The summed E-state index contributed by atoms with van der Waals surface area (Å²) in [5.41, 5.74) is 0.973.